The lowest BCUT2D eigenvalue weighted by Crippen LogP contribution is -2.41. The number of amides is 1. The number of rotatable bonds is 4. The van der Waals surface area contributed by atoms with E-state index in [1.807, 2.05) is 27.0 Å². The molecule has 0 unspecified atom stereocenters. The summed E-state index contributed by atoms with van der Waals surface area (Å²) in [6.07, 6.45) is 4.09. The van der Waals surface area contributed by atoms with Crippen molar-refractivity contribution in [2.45, 2.75) is 51.6 Å². The van der Waals surface area contributed by atoms with E-state index in [0.717, 1.165) is 9.53 Å². The second kappa shape index (κ2) is 5.68. The van der Waals surface area contributed by atoms with Crippen LogP contribution in [0.15, 0.2) is 6.20 Å². The van der Waals surface area contributed by atoms with Gasteiger partial charge in [0.05, 0.1) is 6.54 Å². The smallest absolute Gasteiger partial charge is 0.407 e. The minimum atomic E-state index is -0.365. The van der Waals surface area contributed by atoms with Gasteiger partial charge in [-0.2, -0.15) is 0 Å². The van der Waals surface area contributed by atoms with Crippen LogP contribution in [0.3, 0.4) is 0 Å². The number of nitrogens with zero attached hydrogens (tertiary/aromatic N) is 2. The minimum absolute atomic E-state index is 0.263. The van der Waals surface area contributed by atoms with E-state index in [9.17, 15) is 4.79 Å². The van der Waals surface area contributed by atoms with Crippen LogP contribution in [0.25, 0.3) is 0 Å². The van der Waals surface area contributed by atoms with Crippen LogP contribution < -0.4 is 5.32 Å². The lowest BCUT2D eigenvalue weighted by Gasteiger charge is -2.20. The molecule has 1 saturated carbocycles. The molecule has 1 amide bonds. The summed E-state index contributed by atoms with van der Waals surface area (Å²) in [7, 11) is 0. The predicted molar refractivity (Wildman–Crippen MR) is 81.2 cm³/mol. The third-order valence-corrected chi connectivity index (χ3v) is 3.28. The van der Waals surface area contributed by atoms with Crippen molar-refractivity contribution in [2.75, 3.05) is 6.61 Å². The zero-order chi connectivity index (χ0) is 14.0. The van der Waals surface area contributed by atoms with Gasteiger partial charge in [0.25, 0.3) is 0 Å². The maximum Gasteiger partial charge on any atom is 0.407 e. The Balaban J connectivity index is 1.81. The molecule has 0 spiro atoms. The Morgan fingerprint density at radius 2 is 2.26 bits per heavy atom. The van der Waals surface area contributed by atoms with Crippen molar-refractivity contribution in [2.24, 2.45) is 0 Å². The van der Waals surface area contributed by atoms with Gasteiger partial charge >= 0.3 is 6.09 Å². The first-order chi connectivity index (χ1) is 8.85. The normalized spacial score (nSPS) is 15.4. The fourth-order valence-corrected chi connectivity index (χ4v) is 2.41. The zero-order valence-corrected chi connectivity index (χ0v) is 13.7. The van der Waals surface area contributed by atoms with E-state index < -0.39 is 0 Å². The van der Waals surface area contributed by atoms with Gasteiger partial charge in [-0.3, -0.25) is 0 Å². The highest BCUT2D eigenvalue weighted by Crippen LogP contribution is 2.39. The predicted octanol–water partition coefficient (Wildman–Crippen LogP) is 2.89. The number of imidazole rings is 1. The van der Waals surface area contributed by atoms with Crippen LogP contribution in [0.5, 0.6) is 0 Å². The van der Waals surface area contributed by atoms with Gasteiger partial charge in [0.1, 0.15) is 16.1 Å². The topological polar surface area (TPSA) is 56.1 Å². The van der Waals surface area contributed by atoms with Crippen molar-refractivity contribution in [3.8, 4) is 0 Å². The number of carbonyl (C=O) groups is 1. The first kappa shape index (κ1) is 14.6. The van der Waals surface area contributed by atoms with Crippen molar-refractivity contribution < 1.29 is 9.53 Å². The summed E-state index contributed by atoms with van der Waals surface area (Å²) in [6, 6.07) is 0. The van der Waals surface area contributed by atoms with Crippen LogP contribution in [0.1, 0.15) is 45.4 Å². The maximum atomic E-state index is 11.5. The van der Waals surface area contributed by atoms with Crippen LogP contribution in [-0.2, 0) is 11.3 Å². The Bertz CT molecular complexity index is 461. The zero-order valence-electron chi connectivity index (χ0n) is 11.6. The SMILES string of the molecule is CC(C)(C)NC(=O)OCCn1cc(I)nc1C1CC1. The molecular formula is C13H20IN3O2. The first-order valence-corrected chi connectivity index (χ1v) is 7.60. The van der Waals surface area contributed by atoms with E-state index in [1.165, 1.54) is 12.8 Å². The molecule has 0 aliphatic heterocycles. The molecule has 1 fully saturated rings. The molecule has 6 heteroatoms. The van der Waals surface area contributed by atoms with Gasteiger partial charge in [0, 0.05) is 17.7 Å². The van der Waals surface area contributed by atoms with Gasteiger partial charge in [-0.25, -0.2) is 9.78 Å². The summed E-state index contributed by atoms with van der Waals surface area (Å²) in [4.78, 5) is 16.0. The number of alkyl carbamates (subject to hydrolysis) is 1. The number of carbonyl (C=O) groups excluding carboxylic acids is 1. The molecule has 106 valence electrons. The standard InChI is InChI=1S/C13H20IN3O2/c1-13(2,3)16-12(18)19-7-6-17-8-10(14)15-11(17)9-4-5-9/h8-9H,4-7H2,1-3H3,(H,16,18). The second-order valence-corrected chi connectivity index (χ2v) is 7.01. The third kappa shape index (κ3) is 4.67. The first-order valence-electron chi connectivity index (χ1n) is 6.52. The largest absolute Gasteiger partial charge is 0.448 e. The molecule has 0 saturated heterocycles. The molecule has 19 heavy (non-hydrogen) atoms. The van der Waals surface area contributed by atoms with E-state index in [-0.39, 0.29) is 11.6 Å². The van der Waals surface area contributed by atoms with Crippen molar-refractivity contribution in [1.82, 2.24) is 14.9 Å². The number of hydrogen-bond acceptors (Lipinski definition) is 3. The molecule has 0 bridgehead atoms. The number of halogens is 1. The lowest BCUT2D eigenvalue weighted by atomic mass is 10.1. The maximum absolute atomic E-state index is 11.5. The monoisotopic (exact) mass is 377 g/mol. The average Bonchev–Trinajstić information content (AvgIpc) is 3.01. The van der Waals surface area contributed by atoms with Crippen LogP contribution in [0.2, 0.25) is 0 Å². The number of aromatic nitrogens is 2. The van der Waals surface area contributed by atoms with E-state index in [1.54, 1.807) is 0 Å². The van der Waals surface area contributed by atoms with Gasteiger partial charge in [-0.15, -0.1) is 0 Å². The Kier molecular flexibility index (Phi) is 4.37. The minimum Gasteiger partial charge on any atom is -0.448 e. The van der Waals surface area contributed by atoms with Gasteiger partial charge in [0.2, 0.25) is 0 Å². The Morgan fingerprint density at radius 3 is 2.84 bits per heavy atom. The van der Waals surface area contributed by atoms with Gasteiger partial charge < -0.3 is 14.6 Å². The summed E-state index contributed by atoms with van der Waals surface area (Å²) in [6.45, 7) is 6.82. The molecule has 1 aromatic heterocycles. The van der Waals surface area contributed by atoms with Crippen LogP contribution in [0.4, 0.5) is 4.79 Å². The molecule has 1 N–H and O–H groups in total. The Morgan fingerprint density at radius 1 is 1.58 bits per heavy atom. The van der Waals surface area contributed by atoms with E-state index in [4.69, 9.17) is 4.74 Å². The lowest BCUT2D eigenvalue weighted by molar-refractivity contribution is 0.133. The quantitative estimate of drug-likeness (QED) is 0.821. The highest BCUT2D eigenvalue weighted by Gasteiger charge is 2.28. The van der Waals surface area contributed by atoms with Crippen molar-refractivity contribution >= 4 is 28.7 Å². The summed E-state index contributed by atoms with van der Waals surface area (Å²) < 4.78 is 8.29. The fraction of sp³-hybridized carbons (Fsp3) is 0.692. The van der Waals surface area contributed by atoms with Crippen molar-refractivity contribution in [3.63, 3.8) is 0 Å². The van der Waals surface area contributed by atoms with E-state index in [2.05, 4.69) is 37.5 Å². The average molecular weight is 377 g/mol. The molecule has 0 atom stereocenters. The highest BCUT2D eigenvalue weighted by atomic mass is 127. The molecule has 5 nitrogen and oxygen atoms in total. The molecule has 0 aromatic carbocycles. The van der Waals surface area contributed by atoms with Gasteiger partial charge in [0.15, 0.2) is 0 Å². The summed E-state index contributed by atoms with van der Waals surface area (Å²) >= 11 is 2.22. The van der Waals surface area contributed by atoms with Crippen molar-refractivity contribution in [3.05, 3.63) is 15.7 Å². The van der Waals surface area contributed by atoms with Crippen LogP contribution >= 0.6 is 22.6 Å². The number of ether oxygens (including phenoxy) is 1. The molecule has 1 aliphatic carbocycles. The molecular weight excluding hydrogens is 357 g/mol. The van der Waals surface area contributed by atoms with Gasteiger partial charge in [-0.1, -0.05) is 0 Å². The summed E-state index contributed by atoms with van der Waals surface area (Å²) in [5, 5.41) is 2.77. The highest BCUT2D eigenvalue weighted by molar-refractivity contribution is 14.1. The molecule has 1 aromatic rings. The molecule has 0 radical (unpaired) electrons. The molecule has 1 heterocycles. The summed E-state index contributed by atoms with van der Waals surface area (Å²) in [5.74, 6) is 1.73. The summed E-state index contributed by atoms with van der Waals surface area (Å²) in [5.41, 5.74) is -0.263. The second-order valence-electron chi connectivity index (χ2n) is 5.90. The Labute approximate surface area is 127 Å². The van der Waals surface area contributed by atoms with Crippen molar-refractivity contribution in [1.29, 1.82) is 0 Å². The number of nitrogens with one attached hydrogen (secondary N) is 1. The third-order valence-electron chi connectivity index (χ3n) is 2.76. The molecule has 2 rings (SSSR count). The van der Waals surface area contributed by atoms with Crippen LogP contribution in [0, 0.1) is 3.70 Å². The van der Waals surface area contributed by atoms with Crippen LogP contribution in [-0.4, -0.2) is 27.8 Å². The van der Waals surface area contributed by atoms with E-state index >= 15 is 0 Å². The number of hydrogen-bond donors (Lipinski definition) is 1. The van der Waals surface area contributed by atoms with E-state index in [0.29, 0.717) is 19.1 Å². The fourth-order valence-electron chi connectivity index (χ4n) is 1.82. The van der Waals surface area contributed by atoms with Gasteiger partial charge in [-0.05, 0) is 56.2 Å². The molecule has 1 aliphatic rings. The Hall–Kier alpha value is -0.790.